The van der Waals surface area contributed by atoms with Crippen LogP contribution in [0.3, 0.4) is 0 Å². The van der Waals surface area contributed by atoms with Gasteiger partial charge in [-0.15, -0.1) is 0 Å². The van der Waals surface area contributed by atoms with Crippen LogP contribution in [0.25, 0.3) is 22.3 Å². The minimum absolute atomic E-state index is 0.114. The van der Waals surface area contributed by atoms with Crippen molar-refractivity contribution in [3.05, 3.63) is 48.7 Å². The Balaban J connectivity index is 1.36. The molecule has 0 unspecified atom stereocenters. The third-order valence-electron chi connectivity index (χ3n) is 6.13. The molecule has 4 heterocycles. The van der Waals surface area contributed by atoms with Gasteiger partial charge in [-0.1, -0.05) is 0 Å². The summed E-state index contributed by atoms with van der Waals surface area (Å²) in [4.78, 5) is 32.2. The smallest absolute Gasteiger partial charge is 0.358 e. The second-order valence-electron chi connectivity index (χ2n) is 8.54. The average Bonchev–Trinajstić information content (AvgIpc) is 3.31. The number of fused-ring (bicyclic) bond motifs is 1. The largest absolute Gasteiger partial charge is 0.492 e. The van der Waals surface area contributed by atoms with Crippen molar-refractivity contribution < 1.29 is 19.4 Å². The number of nitrogens with zero attached hydrogens (tertiary/aromatic N) is 6. The van der Waals surface area contributed by atoms with Crippen molar-refractivity contribution in [2.75, 3.05) is 57.1 Å². The number of imidazole rings is 1. The van der Waals surface area contributed by atoms with Crippen molar-refractivity contribution in [2.45, 2.75) is 0 Å². The molecule has 3 N–H and O–H groups in total. The highest BCUT2D eigenvalue weighted by Gasteiger charge is 2.22. The third-order valence-corrected chi connectivity index (χ3v) is 6.13. The van der Waals surface area contributed by atoms with Crippen LogP contribution < -0.4 is 15.4 Å². The van der Waals surface area contributed by atoms with Crippen molar-refractivity contribution >= 4 is 34.3 Å². The van der Waals surface area contributed by atoms with Crippen molar-refractivity contribution in [1.82, 2.24) is 29.4 Å². The molecule has 1 aliphatic rings. The molecule has 192 valence electrons. The lowest BCUT2D eigenvalue weighted by Gasteiger charge is -2.26. The lowest BCUT2D eigenvalue weighted by atomic mass is 10.1. The topological polar surface area (TPSA) is 140 Å². The Morgan fingerprint density at radius 1 is 1.14 bits per heavy atom. The fourth-order valence-electron chi connectivity index (χ4n) is 4.14. The summed E-state index contributed by atoms with van der Waals surface area (Å²) in [6, 6.07) is 7.28. The van der Waals surface area contributed by atoms with Gasteiger partial charge in [0.15, 0.2) is 17.3 Å². The van der Waals surface area contributed by atoms with Gasteiger partial charge in [0.25, 0.3) is 0 Å². The number of hydrogen-bond acceptors (Lipinski definition) is 10. The number of aromatic carboxylic acids is 1. The first-order valence-electron chi connectivity index (χ1n) is 11.9. The molecule has 0 atom stereocenters. The summed E-state index contributed by atoms with van der Waals surface area (Å²) in [7, 11) is 3.56. The van der Waals surface area contributed by atoms with Crippen LogP contribution in [0, 0.1) is 0 Å². The molecule has 5 rings (SSSR count). The maximum Gasteiger partial charge on any atom is 0.358 e. The first-order chi connectivity index (χ1) is 18.0. The number of nitrogens with one attached hydrogen (secondary N) is 2. The normalized spacial score (nSPS) is 14.0. The van der Waals surface area contributed by atoms with Gasteiger partial charge < -0.3 is 29.8 Å². The number of benzene rings is 1. The number of carboxylic acid groups (broad SMARTS) is 1. The number of aromatic nitrogens is 5. The summed E-state index contributed by atoms with van der Waals surface area (Å²) in [6.45, 7) is 4.76. The Morgan fingerprint density at radius 2 is 1.92 bits per heavy atom. The van der Waals surface area contributed by atoms with E-state index in [4.69, 9.17) is 9.47 Å². The number of hydrogen-bond donors (Lipinski definition) is 3. The van der Waals surface area contributed by atoms with Gasteiger partial charge in [-0.2, -0.15) is 0 Å². The van der Waals surface area contributed by atoms with Gasteiger partial charge in [-0.05, 0) is 24.3 Å². The molecular weight excluding hydrogens is 476 g/mol. The van der Waals surface area contributed by atoms with E-state index >= 15 is 0 Å². The van der Waals surface area contributed by atoms with E-state index in [2.05, 4.69) is 35.5 Å². The minimum Gasteiger partial charge on any atom is -0.492 e. The second-order valence-corrected chi connectivity index (χ2v) is 8.54. The first kappa shape index (κ1) is 24.4. The summed E-state index contributed by atoms with van der Waals surface area (Å²) in [6.07, 6.45) is 4.98. The maximum absolute atomic E-state index is 12.1. The number of pyridine rings is 1. The quantitative estimate of drug-likeness (QED) is 0.310. The summed E-state index contributed by atoms with van der Waals surface area (Å²) in [5.74, 6) is 0.0342. The Labute approximate surface area is 213 Å². The SMILES string of the molecule is CNc1nc(Nc2ccc(OCCN3CCOCC3)cc2)c(C(=O)O)nc1-c1cncc2c1ncn2C. The number of rotatable bonds is 9. The first-order valence-corrected chi connectivity index (χ1v) is 11.9. The van der Waals surface area contributed by atoms with Crippen molar-refractivity contribution in [1.29, 1.82) is 0 Å². The zero-order valence-electron chi connectivity index (χ0n) is 20.6. The van der Waals surface area contributed by atoms with Gasteiger partial charge in [0.1, 0.15) is 23.6 Å². The third kappa shape index (κ3) is 5.29. The molecule has 0 bridgehead atoms. The summed E-state index contributed by atoms with van der Waals surface area (Å²) >= 11 is 0. The van der Waals surface area contributed by atoms with Gasteiger partial charge in [-0.25, -0.2) is 19.7 Å². The van der Waals surface area contributed by atoms with Crippen LogP contribution in [-0.4, -0.2) is 87.0 Å². The van der Waals surface area contributed by atoms with E-state index in [-0.39, 0.29) is 11.5 Å². The van der Waals surface area contributed by atoms with Crippen LogP contribution in [0.15, 0.2) is 43.0 Å². The van der Waals surface area contributed by atoms with Gasteiger partial charge in [0.2, 0.25) is 0 Å². The summed E-state index contributed by atoms with van der Waals surface area (Å²) in [5.41, 5.74) is 2.83. The van der Waals surface area contributed by atoms with E-state index in [0.717, 1.165) is 44.1 Å². The molecule has 1 aromatic carbocycles. The van der Waals surface area contributed by atoms with Gasteiger partial charge >= 0.3 is 5.97 Å². The van der Waals surface area contributed by atoms with E-state index in [1.165, 1.54) is 0 Å². The van der Waals surface area contributed by atoms with Gasteiger partial charge in [-0.3, -0.25) is 9.88 Å². The molecule has 0 amide bonds. The van der Waals surface area contributed by atoms with Crippen LogP contribution in [-0.2, 0) is 11.8 Å². The van der Waals surface area contributed by atoms with E-state index in [9.17, 15) is 9.90 Å². The molecular formula is C25H28N8O4. The summed E-state index contributed by atoms with van der Waals surface area (Å²) in [5, 5.41) is 16.0. The number of ether oxygens (including phenoxy) is 2. The van der Waals surface area contributed by atoms with E-state index in [0.29, 0.717) is 34.9 Å². The lowest BCUT2D eigenvalue weighted by molar-refractivity contribution is 0.0322. The second kappa shape index (κ2) is 10.8. The van der Waals surface area contributed by atoms with E-state index < -0.39 is 5.97 Å². The molecule has 1 fully saturated rings. The lowest BCUT2D eigenvalue weighted by Crippen LogP contribution is -2.38. The van der Waals surface area contributed by atoms with Crippen LogP contribution >= 0.6 is 0 Å². The zero-order chi connectivity index (χ0) is 25.8. The molecule has 4 aromatic rings. The fraction of sp³-hybridized carbons (Fsp3) is 0.320. The molecule has 1 saturated heterocycles. The standard InChI is InChI=1S/C25H28N8O4/c1-26-23-21(18-13-27-14-19-20(18)28-15-32(19)2)30-22(25(34)35)24(31-23)29-16-3-5-17(6-4-16)37-12-9-33-7-10-36-11-8-33/h3-6,13-15H,7-12H2,1-2H3,(H,34,35)(H2,26,29,31). The number of anilines is 3. The molecule has 12 heteroatoms. The Bertz CT molecular complexity index is 1400. The predicted octanol–water partition coefficient (Wildman–Crippen LogP) is 2.62. The summed E-state index contributed by atoms with van der Waals surface area (Å²) < 4.78 is 13.1. The maximum atomic E-state index is 12.1. The van der Waals surface area contributed by atoms with Crippen molar-refractivity contribution in [3.8, 4) is 17.0 Å². The Hall–Kier alpha value is -4.29. The van der Waals surface area contributed by atoms with Crippen LogP contribution in [0.1, 0.15) is 10.5 Å². The Kier molecular flexibility index (Phi) is 7.10. The highest BCUT2D eigenvalue weighted by molar-refractivity contribution is 5.97. The van der Waals surface area contributed by atoms with Crippen LogP contribution in [0.4, 0.5) is 17.3 Å². The molecule has 37 heavy (non-hydrogen) atoms. The number of morpholine rings is 1. The van der Waals surface area contributed by atoms with E-state index in [1.807, 2.05) is 35.9 Å². The Morgan fingerprint density at radius 3 is 2.65 bits per heavy atom. The molecule has 3 aromatic heterocycles. The molecule has 0 radical (unpaired) electrons. The number of carbonyl (C=O) groups is 1. The number of aryl methyl sites for hydroxylation is 1. The minimum atomic E-state index is -1.21. The van der Waals surface area contributed by atoms with Gasteiger partial charge in [0.05, 0.1) is 36.8 Å². The molecule has 0 aliphatic carbocycles. The zero-order valence-corrected chi connectivity index (χ0v) is 20.6. The van der Waals surface area contributed by atoms with Crippen LogP contribution in [0.2, 0.25) is 0 Å². The highest BCUT2D eigenvalue weighted by Crippen LogP contribution is 2.32. The fourth-order valence-corrected chi connectivity index (χ4v) is 4.14. The van der Waals surface area contributed by atoms with Crippen molar-refractivity contribution in [2.24, 2.45) is 7.05 Å². The highest BCUT2D eigenvalue weighted by atomic mass is 16.5. The van der Waals surface area contributed by atoms with Gasteiger partial charge in [0, 0.05) is 45.6 Å². The van der Waals surface area contributed by atoms with E-state index in [1.54, 1.807) is 25.8 Å². The predicted molar refractivity (Wildman–Crippen MR) is 139 cm³/mol. The molecule has 0 saturated carbocycles. The molecule has 1 aliphatic heterocycles. The van der Waals surface area contributed by atoms with Crippen LogP contribution in [0.5, 0.6) is 5.75 Å². The molecule has 12 nitrogen and oxygen atoms in total. The average molecular weight is 505 g/mol. The van der Waals surface area contributed by atoms with Crippen molar-refractivity contribution in [3.63, 3.8) is 0 Å². The molecule has 0 spiro atoms. The number of carboxylic acids is 1. The monoisotopic (exact) mass is 504 g/mol.